The van der Waals surface area contributed by atoms with Crippen molar-refractivity contribution in [2.75, 3.05) is 33.4 Å². The molecule has 1 saturated heterocycles. The molecular formula is C15H28N4O3. The van der Waals surface area contributed by atoms with Gasteiger partial charge in [-0.1, -0.05) is 0 Å². The first-order valence-electron chi connectivity index (χ1n) is 8.16. The van der Waals surface area contributed by atoms with E-state index < -0.39 is 0 Å². The monoisotopic (exact) mass is 312 g/mol. The van der Waals surface area contributed by atoms with Gasteiger partial charge in [0.05, 0.1) is 0 Å². The highest BCUT2D eigenvalue weighted by molar-refractivity contribution is 5.77. The zero-order chi connectivity index (χ0) is 15.9. The minimum absolute atomic E-state index is 0.0193. The second-order valence-electron chi connectivity index (χ2n) is 6.32. The van der Waals surface area contributed by atoms with Gasteiger partial charge in [0.15, 0.2) is 0 Å². The van der Waals surface area contributed by atoms with Crippen LogP contribution in [0.2, 0.25) is 0 Å². The molecule has 1 aliphatic carbocycles. The number of urea groups is 1. The molecule has 22 heavy (non-hydrogen) atoms. The number of rotatable bonds is 6. The van der Waals surface area contributed by atoms with Crippen LogP contribution < -0.4 is 16.4 Å². The van der Waals surface area contributed by atoms with Crippen LogP contribution in [0.5, 0.6) is 0 Å². The summed E-state index contributed by atoms with van der Waals surface area (Å²) < 4.78 is 4.86. The number of nitrogens with zero attached hydrogens (tertiary/aromatic N) is 1. The lowest BCUT2D eigenvalue weighted by Crippen LogP contribution is -2.53. The third kappa shape index (κ3) is 4.84. The molecule has 0 atom stereocenters. The third-order valence-electron chi connectivity index (χ3n) is 4.60. The molecule has 1 heterocycles. The molecule has 0 aromatic rings. The van der Waals surface area contributed by atoms with Gasteiger partial charge in [0.25, 0.3) is 0 Å². The van der Waals surface area contributed by atoms with Gasteiger partial charge in [-0.15, -0.1) is 0 Å². The van der Waals surface area contributed by atoms with Gasteiger partial charge in [-0.25, -0.2) is 4.79 Å². The topological polar surface area (TPSA) is 96.7 Å². The van der Waals surface area contributed by atoms with Crippen LogP contribution in [-0.2, 0) is 9.53 Å². The molecule has 0 aromatic heterocycles. The molecule has 4 N–H and O–H groups in total. The number of methoxy groups -OCH3 is 1. The first-order valence-corrected chi connectivity index (χ1v) is 8.16. The van der Waals surface area contributed by atoms with Crippen LogP contribution >= 0.6 is 0 Å². The Kier molecular flexibility index (Phi) is 6.45. The molecule has 0 aromatic carbocycles. The molecule has 1 saturated carbocycles. The van der Waals surface area contributed by atoms with E-state index in [1.54, 1.807) is 4.90 Å². The molecular weight excluding hydrogens is 284 g/mol. The van der Waals surface area contributed by atoms with E-state index in [4.69, 9.17) is 10.5 Å². The van der Waals surface area contributed by atoms with Crippen LogP contribution in [0.4, 0.5) is 4.79 Å². The first-order chi connectivity index (χ1) is 10.6. The van der Waals surface area contributed by atoms with E-state index in [1.165, 1.54) is 7.11 Å². The Morgan fingerprint density at radius 3 is 2.41 bits per heavy atom. The number of nitrogens with two attached hydrogens (primary N) is 1. The summed E-state index contributed by atoms with van der Waals surface area (Å²) in [5.41, 5.74) is 5.53. The van der Waals surface area contributed by atoms with Gasteiger partial charge >= 0.3 is 6.03 Å². The molecule has 0 bridgehead atoms. The average molecular weight is 312 g/mol. The molecule has 126 valence electrons. The number of likely N-dealkylation sites (tertiary alicyclic amines) is 1. The van der Waals surface area contributed by atoms with Crippen LogP contribution in [0.25, 0.3) is 0 Å². The molecule has 2 rings (SSSR count). The zero-order valence-electron chi connectivity index (χ0n) is 13.3. The quantitative estimate of drug-likeness (QED) is 0.645. The van der Waals surface area contributed by atoms with Crippen LogP contribution in [-0.4, -0.2) is 62.3 Å². The van der Waals surface area contributed by atoms with Gasteiger partial charge in [-0.05, 0) is 44.6 Å². The van der Waals surface area contributed by atoms with E-state index in [0.717, 1.165) is 38.6 Å². The van der Waals surface area contributed by atoms with Crippen molar-refractivity contribution >= 4 is 11.9 Å². The first kappa shape index (κ1) is 17.0. The van der Waals surface area contributed by atoms with Crippen LogP contribution in [0.15, 0.2) is 0 Å². The molecule has 1 aliphatic heterocycles. The fourth-order valence-corrected chi connectivity index (χ4v) is 3.23. The van der Waals surface area contributed by atoms with E-state index >= 15 is 0 Å². The van der Waals surface area contributed by atoms with Crippen molar-refractivity contribution in [1.82, 2.24) is 15.5 Å². The van der Waals surface area contributed by atoms with E-state index in [1.807, 2.05) is 0 Å². The largest absolute Gasteiger partial charge is 0.375 e. The van der Waals surface area contributed by atoms with Crippen molar-refractivity contribution < 1.29 is 14.3 Å². The van der Waals surface area contributed by atoms with Crippen LogP contribution in [0.1, 0.15) is 32.1 Å². The maximum atomic E-state index is 11.9. The molecule has 0 spiro atoms. The van der Waals surface area contributed by atoms with E-state index in [-0.39, 0.29) is 24.6 Å². The summed E-state index contributed by atoms with van der Waals surface area (Å²) >= 11 is 0. The van der Waals surface area contributed by atoms with Gasteiger partial charge in [-0.2, -0.15) is 0 Å². The molecule has 7 heteroatoms. The molecule has 2 aliphatic rings. The average Bonchev–Trinajstić information content (AvgIpc) is 2.46. The summed E-state index contributed by atoms with van der Waals surface area (Å²) in [5, 5.41) is 6.03. The van der Waals surface area contributed by atoms with Gasteiger partial charge in [0.1, 0.15) is 6.61 Å². The maximum Gasteiger partial charge on any atom is 0.315 e. The Bertz CT molecular complexity index is 377. The molecule has 3 amide bonds. The lowest BCUT2D eigenvalue weighted by molar-refractivity contribution is -0.136. The van der Waals surface area contributed by atoms with Crippen LogP contribution in [0.3, 0.4) is 0 Å². The number of carbonyl (C=O) groups is 2. The van der Waals surface area contributed by atoms with Crippen molar-refractivity contribution in [2.45, 2.75) is 44.2 Å². The van der Waals surface area contributed by atoms with Gasteiger partial charge in [0.2, 0.25) is 5.91 Å². The van der Waals surface area contributed by atoms with Gasteiger partial charge < -0.3 is 26.0 Å². The Hall–Kier alpha value is -1.34. The highest BCUT2D eigenvalue weighted by Crippen LogP contribution is 2.29. The van der Waals surface area contributed by atoms with Crippen molar-refractivity contribution in [3.05, 3.63) is 0 Å². The Labute approximate surface area is 131 Å². The maximum absolute atomic E-state index is 11.9. The standard InChI is InChI=1S/C15H28N4O3/c1-22-10-14(20)19-6-3-12(4-7-19)17-15(21)18-13-8-11(9-13)2-5-16/h11-13H,2-10,16H2,1H3,(H2,17,18,21). The van der Waals surface area contributed by atoms with Crippen molar-refractivity contribution in [2.24, 2.45) is 11.7 Å². The molecule has 7 nitrogen and oxygen atoms in total. The van der Waals surface area contributed by atoms with Crippen LogP contribution in [0, 0.1) is 5.92 Å². The summed E-state index contributed by atoms with van der Waals surface area (Å²) in [6.07, 6.45) is 4.71. The number of ether oxygens (including phenoxy) is 1. The highest BCUT2D eigenvalue weighted by atomic mass is 16.5. The lowest BCUT2D eigenvalue weighted by atomic mass is 9.78. The normalized spacial score (nSPS) is 25.5. The summed E-state index contributed by atoms with van der Waals surface area (Å²) in [6, 6.07) is 0.351. The summed E-state index contributed by atoms with van der Waals surface area (Å²) in [5.74, 6) is 0.691. The molecule has 0 unspecified atom stereocenters. The van der Waals surface area contributed by atoms with E-state index in [0.29, 0.717) is 25.0 Å². The van der Waals surface area contributed by atoms with Crippen molar-refractivity contribution in [1.29, 1.82) is 0 Å². The second-order valence-corrected chi connectivity index (χ2v) is 6.32. The minimum atomic E-state index is -0.0853. The smallest absolute Gasteiger partial charge is 0.315 e. The number of carbonyl (C=O) groups excluding carboxylic acids is 2. The Balaban J connectivity index is 1.60. The lowest BCUT2D eigenvalue weighted by Gasteiger charge is -2.37. The van der Waals surface area contributed by atoms with Crippen molar-refractivity contribution in [3.8, 4) is 0 Å². The SMILES string of the molecule is COCC(=O)N1CCC(NC(=O)NC2CC(CCN)C2)CC1. The fraction of sp³-hybridized carbons (Fsp3) is 0.867. The Morgan fingerprint density at radius 1 is 1.18 bits per heavy atom. The third-order valence-corrected chi connectivity index (χ3v) is 4.60. The van der Waals surface area contributed by atoms with Gasteiger partial charge in [-0.3, -0.25) is 4.79 Å². The Morgan fingerprint density at radius 2 is 1.82 bits per heavy atom. The number of amides is 3. The van der Waals surface area contributed by atoms with E-state index in [2.05, 4.69) is 10.6 Å². The minimum Gasteiger partial charge on any atom is -0.375 e. The molecule has 0 radical (unpaired) electrons. The predicted octanol–water partition coefficient (Wildman–Crippen LogP) is 0.0504. The fourth-order valence-electron chi connectivity index (χ4n) is 3.23. The summed E-state index contributed by atoms with van der Waals surface area (Å²) in [7, 11) is 1.52. The second kappa shape index (κ2) is 8.33. The number of nitrogens with one attached hydrogen (secondary N) is 2. The number of piperidine rings is 1. The van der Waals surface area contributed by atoms with E-state index in [9.17, 15) is 9.59 Å². The number of hydrogen-bond acceptors (Lipinski definition) is 4. The molecule has 2 fully saturated rings. The summed E-state index contributed by atoms with van der Waals surface area (Å²) in [6.45, 7) is 2.21. The zero-order valence-corrected chi connectivity index (χ0v) is 13.3. The van der Waals surface area contributed by atoms with Crippen molar-refractivity contribution in [3.63, 3.8) is 0 Å². The number of hydrogen-bond donors (Lipinski definition) is 3. The predicted molar refractivity (Wildman–Crippen MR) is 83.3 cm³/mol. The summed E-state index contributed by atoms with van der Waals surface area (Å²) in [4.78, 5) is 25.4. The van der Waals surface area contributed by atoms with Gasteiger partial charge in [0, 0.05) is 32.3 Å². The highest BCUT2D eigenvalue weighted by Gasteiger charge is 2.30.